The molecule has 3 rings (SSSR count). The van der Waals surface area contributed by atoms with Crippen molar-refractivity contribution in [2.45, 2.75) is 6.54 Å². The molecule has 0 spiro atoms. The molecule has 0 radical (unpaired) electrons. The maximum absolute atomic E-state index is 5.57. The minimum atomic E-state index is 0. The molecule has 0 aliphatic carbocycles. The summed E-state index contributed by atoms with van der Waals surface area (Å²) in [5, 5.41) is 6.91. The van der Waals surface area contributed by atoms with Crippen LogP contribution in [0.2, 0.25) is 0 Å². The number of piperazine rings is 1. The number of methoxy groups -OCH3 is 3. The summed E-state index contributed by atoms with van der Waals surface area (Å²) in [5.74, 6) is 2.82. The zero-order valence-corrected chi connectivity index (χ0v) is 20.5. The number of hydrogen-bond acceptors (Lipinski definition) is 6. The predicted molar refractivity (Wildman–Crippen MR) is 130 cm³/mol. The van der Waals surface area contributed by atoms with Gasteiger partial charge < -0.3 is 29.3 Å². The van der Waals surface area contributed by atoms with E-state index in [9.17, 15) is 0 Å². The molecule has 9 heteroatoms. The molecule has 7 nitrogen and oxygen atoms in total. The zero-order chi connectivity index (χ0) is 19.9. The molecule has 1 aliphatic rings. The molecule has 29 heavy (non-hydrogen) atoms. The third kappa shape index (κ3) is 5.39. The third-order valence-electron chi connectivity index (χ3n) is 4.83. The highest BCUT2D eigenvalue weighted by atomic mass is 127. The van der Waals surface area contributed by atoms with E-state index in [1.165, 1.54) is 5.00 Å². The molecule has 0 amide bonds. The quantitative estimate of drug-likeness (QED) is 0.350. The van der Waals surface area contributed by atoms with Crippen molar-refractivity contribution in [3.8, 4) is 17.2 Å². The van der Waals surface area contributed by atoms with Gasteiger partial charge >= 0.3 is 0 Å². The number of nitrogens with zero attached hydrogens (tertiary/aromatic N) is 3. The molecule has 0 atom stereocenters. The van der Waals surface area contributed by atoms with Gasteiger partial charge in [0.1, 0.15) is 0 Å². The van der Waals surface area contributed by atoms with Gasteiger partial charge in [-0.1, -0.05) is 0 Å². The SMILES string of the molecule is CN=C(NCc1ccc(OC)c(OC)c1OC)N1CCN(c2cccs2)CC1.I. The van der Waals surface area contributed by atoms with Crippen molar-refractivity contribution in [2.75, 3.05) is 59.5 Å². The fourth-order valence-corrected chi connectivity index (χ4v) is 4.18. The molecule has 1 N–H and O–H groups in total. The molecule has 2 heterocycles. The summed E-state index contributed by atoms with van der Waals surface area (Å²) in [7, 11) is 6.69. The van der Waals surface area contributed by atoms with Crippen LogP contribution >= 0.6 is 35.3 Å². The highest BCUT2D eigenvalue weighted by molar-refractivity contribution is 14.0. The largest absolute Gasteiger partial charge is 0.493 e. The highest BCUT2D eigenvalue weighted by Crippen LogP contribution is 2.39. The Balaban J connectivity index is 0.00000300. The lowest BCUT2D eigenvalue weighted by molar-refractivity contribution is 0.321. The molecule has 0 saturated carbocycles. The minimum Gasteiger partial charge on any atom is -0.493 e. The van der Waals surface area contributed by atoms with Gasteiger partial charge in [-0.15, -0.1) is 35.3 Å². The molecule has 1 aliphatic heterocycles. The highest BCUT2D eigenvalue weighted by Gasteiger charge is 2.21. The molecule has 160 valence electrons. The van der Waals surface area contributed by atoms with E-state index in [0.717, 1.165) is 37.7 Å². The maximum Gasteiger partial charge on any atom is 0.203 e. The number of hydrogen-bond donors (Lipinski definition) is 1. The standard InChI is InChI=1S/C20H28N4O3S.HI/c1-21-20(24-11-9-23(10-12-24)17-6-5-13-28-17)22-14-15-7-8-16(25-2)19(27-4)18(15)26-3;/h5-8,13H,9-12,14H2,1-4H3,(H,21,22);1H. The van der Waals surface area contributed by atoms with E-state index in [0.29, 0.717) is 23.8 Å². The molecule has 1 fully saturated rings. The van der Waals surface area contributed by atoms with E-state index in [1.807, 2.05) is 19.2 Å². The Kier molecular flexibility index (Phi) is 9.15. The van der Waals surface area contributed by atoms with E-state index in [4.69, 9.17) is 14.2 Å². The Labute approximate surface area is 193 Å². The van der Waals surface area contributed by atoms with Gasteiger partial charge in [0.2, 0.25) is 5.75 Å². The fraction of sp³-hybridized carbons (Fsp3) is 0.450. The smallest absolute Gasteiger partial charge is 0.203 e. The van der Waals surface area contributed by atoms with Gasteiger partial charge in [0, 0.05) is 45.3 Å². The van der Waals surface area contributed by atoms with Gasteiger partial charge in [-0.3, -0.25) is 4.99 Å². The second kappa shape index (κ2) is 11.3. The lowest BCUT2D eigenvalue weighted by Gasteiger charge is -2.37. The number of benzene rings is 1. The van der Waals surface area contributed by atoms with Gasteiger partial charge in [0.25, 0.3) is 0 Å². The second-order valence-electron chi connectivity index (χ2n) is 6.32. The molecular formula is C20H29IN4O3S. The van der Waals surface area contributed by atoms with Crippen LogP contribution in [0, 0.1) is 0 Å². The number of ether oxygens (including phenoxy) is 3. The molecule has 0 bridgehead atoms. The fourth-order valence-electron chi connectivity index (χ4n) is 3.40. The summed E-state index contributed by atoms with van der Waals surface area (Å²) in [5.41, 5.74) is 0.985. The van der Waals surface area contributed by atoms with Crippen molar-refractivity contribution in [1.29, 1.82) is 0 Å². The number of aliphatic imine (C=N–C) groups is 1. The van der Waals surface area contributed by atoms with Crippen LogP contribution in [-0.2, 0) is 6.54 Å². The Morgan fingerprint density at radius 3 is 2.31 bits per heavy atom. The number of rotatable bonds is 6. The van der Waals surface area contributed by atoms with Crippen LogP contribution in [0.4, 0.5) is 5.00 Å². The van der Waals surface area contributed by atoms with Crippen molar-refractivity contribution in [2.24, 2.45) is 4.99 Å². The first-order valence-electron chi connectivity index (χ1n) is 9.23. The number of nitrogens with one attached hydrogen (secondary N) is 1. The van der Waals surface area contributed by atoms with Crippen LogP contribution in [0.5, 0.6) is 17.2 Å². The monoisotopic (exact) mass is 532 g/mol. The van der Waals surface area contributed by atoms with Crippen LogP contribution in [0.25, 0.3) is 0 Å². The van der Waals surface area contributed by atoms with Gasteiger partial charge in [-0.2, -0.15) is 0 Å². The topological polar surface area (TPSA) is 58.6 Å². The average Bonchev–Trinajstić information content (AvgIpc) is 3.28. The zero-order valence-electron chi connectivity index (χ0n) is 17.3. The number of anilines is 1. The van der Waals surface area contributed by atoms with Crippen LogP contribution < -0.4 is 24.4 Å². The van der Waals surface area contributed by atoms with Crippen LogP contribution in [0.3, 0.4) is 0 Å². The summed E-state index contributed by atoms with van der Waals surface area (Å²) in [6.45, 7) is 4.42. The Bertz CT molecular complexity index is 793. The van der Waals surface area contributed by atoms with Crippen molar-refractivity contribution < 1.29 is 14.2 Å². The molecule has 0 unspecified atom stereocenters. The maximum atomic E-state index is 5.57. The van der Waals surface area contributed by atoms with Crippen LogP contribution in [-0.4, -0.2) is 65.4 Å². The number of guanidine groups is 1. The van der Waals surface area contributed by atoms with E-state index in [-0.39, 0.29) is 24.0 Å². The van der Waals surface area contributed by atoms with Gasteiger partial charge in [-0.05, 0) is 29.6 Å². The number of halogens is 1. The lowest BCUT2D eigenvalue weighted by Crippen LogP contribution is -2.52. The minimum absolute atomic E-state index is 0. The van der Waals surface area contributed by atoms with E-state index in [2.05, 4.69) is 37.6 Å². The molecule has 1 aromatic heterocycles. The first kappa shape index (κ1) is 23.4. The summed E-state index contributed by atoms with van der Waals surface area (Å²) < 4.78 is 16.4. The van der Waals surface area contributed by atoms with Crippen molar-refractivity contribution >= 4 is 46.3 Å². The molecular weight excluding hydrogens is 503 g/mol. The van der Waals surface area contributed by atoms with Crippen LogP contribution in [0.15, 0.2) is 34.6 Å². The predicted octanol–water partition coefficient (Wildman–Crippen LogP) is 3.29. The second-order valence-corrected chi connectivity index (χ2v) is 7.25. The van der Waals surface area contributed by atoms with Gasteiger partial charge in [0.05, 0.1) is 26.3 Å². The summed E-state index contributed by atoms with van der Waals surface area (Å²) in [6, 6.07) is 8.15. The van der Waals surface area contributed by atoms with E-state index < -0.39 is 0 Å². The average molecular weight is 532 g/mol. The normalized spacial score (nSPS) is 14.3. The summed E-state index contributed by atoms with van der Waals surface area (Å²) in [6.07, 6.45) is 0. The Hall–Kier alpha value is -1.88. The van der Waals surface area contributed by atoms with Crippen molar-refractivity contribution in [3.63, 3.8) is 0 Å². The third-order valence-corrected chi connectivity index (χ3v) is 5.76. The van der Waals surface area contributed by atoms with Gasteiger partial charge in [-0.25, -0.2) is 0 Å². The lowest BCUT2D eigenvalue weighted by atomic mass is 10.1. The van der Waals surface area contributed by atoms with Gasteiger partial charge in [0.15, 0.2) is 17.5 Å². The molecule has 1 aromatic carbocycles. The Morgan fingerprint density at radius 1 is 1.03 bits per heavy atom. The molecule has 2 aromatic rings. The molecule has 1 saturated heterocycles. The summed E-state index contributed by atoms with van der Waals surface area (Å²) in [4.78, 5) is 9.18. The summed E-state index contributed by atoms with van der Waals surface area (Å²) >= 11 is 1.79. The Morgan fingerprint density at radius 2 is 1.76 bits per heavy atom. The van der Waals surface area contributed by atoms with E-state index in [1.54, 1.807) is 32.7 Å². The first-order chi connectivity index (χ1) is 13.7. The van der Waals surface area contributed by atoms with E-state index >= 15 is 0 Å². The van der Waals surface area contributed by atoms with Crippen molar-refractivity contribution in [3.05, 3.63) is 35.2 Å². The number of thiophene rings is 1. The van der Waals surface area contributed by atoms with Crippen molar-refractivity contribution in [1.82, 2.24) is 10.2 Å². The van der Waals surface area contributed by atoms with Crippen LogP contribution in [0.1, 0.15) is 5.56 Å². The first-order valence-corrected chi connectivity index (χ1v) is 10.1.